The number of rotatable bonds is 3. The molecule has 0 radical (unpaired) electrons. The van der Waals surface area contributed by atoms with Gasteiger partial charge in [-0.3, -0.25) is 9.59 Å². The van der Waals surface area contributed by atoms with Crippen molar-refractivity contribution in [3.8, 4) is 0 Å². The molecule has 1 heterocycles. The fraction of sp³-hybridized carbons (Fsp3) is 0.529. The smallest absolute Gasteiger partial charge is 0.242 e. The second-order valence-electron chi connectivity index (χ2n) is 6.01. The van der Waals surface area contributed by atoms with Crippen molar-refractivity contribution in [3.63, 3.8) is 0 Å². The lowest BCUT2D eigenvalue weighted by Gasteiger charge is -2.34. The quantitative estimate of drug-likeness (QED) is 0.848. The Hall–Kier alpha value is -1.88. The number of benzene rings is 1. The predicted octanol–water partition coefficient (Wildman–Crippen LogP) is 1.43. The Balaban J connectivity index is 2.14. The first kappa shape index (κ1) is 16.5. The van der Waals surface area contributed by atoms with E-state index in [0.29, 0.717) is 0 Å². The van der Waals surface area contributed by atoms with E-state index < -0.39 is 0 Å². The molecular formula is C17H25N3O2. The van der Waals surface area contributed by atoms with Gasteiger partial charge in [0.2, 0.25) is 11.8 Å². The van der Waals surface area contributed by atoms with Gasteiger partial charge in [0.1, 0.15) is 6.54 Å². The molecule has 2 rings (SSSR count). The number of likely N-dealkylation sites (N-methyl/N-ethyl adjacent to an activating group) is 1. The van der Waals surface area contributed by atoms with Crippen LogP contribution in [0, 0.1) is 13.8 Å². The molecule has 0 spiro atoms. The predicted molar refractivity (Wildman–Crippen MR) is 88.0 cm³/mol. The molecule has 1 aromatic carbocycles. The Morgan fingerprint density at radius 1 is 1.14 bits per heavy atom. The third-order valence-electron chi connectivity index (χ3n) is 4.40. The molecule has 0 bridgehead atoms. The second-order valence-corrected chi connectivity index (χ2v) is 6.01. The van der Waals surface area contributed by atoms with Gasteiger partial charge in [0.15, 0.2) is 0 Å². The van der Waals surface area contributed by atoms with Gasteiger partial charge in [-0.25, -0.2) is 0 Å². The summed E-state index contributed by atoms with van der Waals surface area (Å²) in [5.41, 5.74) is 3.00. The molecule has 1 aliphatic heterocycles. The van der Waals surface area contributed by atoms with Crippen molar-refractivity contribution in [2.75, 3.05) is 44.7 Å². The molecule has 120 valence electrons. The molecule has 0 aliphatic carbocycles. The van der Waals surface area contributed by atoms with Crippen molar-refractivity contribution in [3.05, 3.63) is 29.3 Å². The minimum Gasteiger partial charge on any atom is -0.339 e. The molecule has 0 aromatic heterocycles. The zero-order chi connectivity index (χ0) is 16.3. The van der Waals surface area contributed by atoms with E-state index in [-0.39, 0.29) is 18.4 Å². The molecular weight excluding hydrogens is 278 g/mol. The topological polar surface area (TPSA) is 43.9 Å². The first-order valence-corrected chi connectivity index (χ1v) is 7.70. The van der Waals surface area contributed by atoms with Crippen LogP contribution in [-0.4, -0.2) is 61.4 Å². The number of hydrogen-bond acceptors (Lipinski definition) is 3. The second kappa shape index (κ2) is 6.92. The highest BCUT2D eigenvalue weighted by Crippen LogP contribution is 2.23. The molecule has 0 saturated carbocycles. The Kier molecular flexibility index (Phi) is 5.19. The largest absolute Gasteiger partial charge is 0.339 e. The van der Waals surface area contributed by atoms with Crippen LogP contribution in [0.4, 0.5) is 5.69 Å². The van der Waals surface area contributed by atoms with Crippen LogP contribution in [0.2, 0.25) is 0 Å². The van der Waals surface area contributed by atoms with Crippen LogP contribution in [-0.2, 0) is 9.59 Å². The third kappa shape index (κ3) is 3.65. The summed E-state index contributed by atoms with van der Waals surface area (Å²) >= 11 is 0. The molecule has 1 aromatic rings. The summed E-state index contributed by atoms with van der Waals surface area (Å²) in [6.45, 7) is 8.86. The van der Waals surface area contributed by atoms with Gasteiger partial charge < -0.3 is 14.7 Å². The molecule has 1 saturated heterocycles. The van der Waals surface area contributed by atoms with Crippen molar-refractivity contribution in [2.24, 2.45) is 0 Å². The standard InChI is InChI=1S/C17H25N3O2/c1-13-6-5-7-16(14(13)2)20(15(3)21)12-17(22)19-10-8-18(4)9-11-19/h5-7H,8-12H2,1-4H3. The fourth-order valence-corrected chi connectivity index (χ4v) is 2.69. The zero-order valence-corrected chi connectivity index (χ0v) is 13.9. The summed E-state index contributed by atoms with van der Waals surface area (Å²) in [6, 6.07) is 5.84. The van der Waals surface area contributed by atoms with E-state index in [1.54, 1.807) is 4.90 Å². The van der Waals surface area contributed by atoms with Crippen LogP contribution in [0.25, 0.3) is 0 Å². The average molecular weight is 303 g/mol. The number of carbonyl (C=O) groups excluding carboxylic acids is 2. The van der Waals surface area contributed by atoms with E-state index in [4.69, 9.17) is 0 Å². The van der Waals surface area contributed by atoms with Gasteiger partial charge in [-0.1, -0.05) is 12.1 Å². The minimum absolute atomic E-state index is 0.0178. The normalized spacial score (nSPS) is 15.7. The number of hydrogen-bond donors (Lipinski definition) is 0. The Labute approximate surface area is 132 Å². The van der Waals surface area contributed by atoms with Crippen molar-refractivity contribution in [1.82, 2.24) is 9.80 Å². The molecule has 5 nitrogen and oxygen atoms in total. The van der Waals surface area contributed by atoms with Crippen LogP contribution >= 0.6 is 0 Å². The van der Waals surface area contributed by atoms with Gasteiger partial charge in [-0.2, -0.15) is 0 Å². The van der Waals surface area contributed by atoms with E-state index in [1.165, 1.54) is 6.92 Å². The Morgan fingerprint density at radius 3 is 2.36 bits per heavy atom. The van der Waals surface area contributed by atoms with Crippen LogP contribution in [0.15, 0.2) is 18.2 Å². The van der Waals surface area contributed by atoms with Gasteiger partial charge in [0, 0.05) is 38.8 Å². The third-order valence-corrected chi connectivity index (χ3v) is 4.40. The van der Waals surface area contributed by atoms with E-state index >= 15 is 0 Å². The SMILES string of the molecule is CC(=O)N(CC(=O)N1CCN(C)CC1)c1cccc(C)c1C. The lowest BCUT2D eigenvalue weighted by Crippen LogP contribution is -2.50. The van der Waals surface area contributed by atoms with Gasteiger partial charge >= 0.3 is 0 Å². The average Bonchev–Trinajstić information content (AvgIpc) is 2.48. The Morgan fingerprint density at radius 2 is 1.77 bits per heavy atom. The zero-order valence-electron chi connectivity index (χ0n) is 13.9. The minimum atomic E-state index is -0.101. The molecule has 1 aliphatic rings. The number of amides is 2. The van der Waals surface area contributed by atoms with Gasteiger partial charge in [-0.05, 0) is 38.1 Å². The summed E-state index contributed by atoms with van der Waals surface area (Å²) in [5.74, 6) is -0.0830. The molecule has 0 N–H and O–H groups in total. The highest BCUT2D eigenvalue weighted by Gasteiger charge is 2.24. The molecule has 22 heavy (non-hydrogen) atoms. The highest BCUT2D eigenvalue weighted by atomic mass is 16.2. The molecule has 0 unspecified atom stereocenters. The van der Waals surface area contributed by atoms with Crippen molar-refractivity contribution < 1.29 is 9.59 Å². The number of piperazine rings is 1. The maximum atomic E-state index is 12.5. The summed E-state index contributed by atoms with van der Waals surface area (Å²) in [5, 5.41) is 0. The molecule has 0 atom stereocenters. The van der Waals surface area contributed by atoms with Crippen molar-refractivity contribution in [1.29, 1.82) is 0 Å². The van der Waals surface area contributed by atoms with E-state index in [9.17, 15) is 9.59 Å². The number of aryl methyl sites for hydroxylation is 1. The van der Waals surface area contributed by atoms with Gasteiger partial charge in [0.05, 0.1) is 0 Å². The number of carbonyl (C=O) groups is 2. The van der Waals surface area contributed by atoms with Crippen molar-refractivity contribution >= 4 is 17.5 Å². The first-order chi connectivity index (χ1) is 10.4. The van der Waals surface area contributed by atoms with Crippen LogP contribution in [0.1, 0.15) is 18.1 Å². The lowest BCUT2D eigenvalue weighted by atomic mass is 10.1. The van der Waals surface area contributed by atoms with Crippen LogP contribution < -0.4 is 4.90 Å². The number of anilines is 1. The lowest BCUT2D eigenvalue weighted by molar-refractivity contribution is -0.132. The highest BCUT2D eigenvalue weighted by molar-refractivity contribution is 5.98. The summed E-state index contributed by atoms with van der Waals surface area (Å²) < 4.78 is 0. The van der Waals surface area contributed by atoms with Crippen LogP contribution in [0.5, 0.6) is 0 Å². The number of nitrogens with zero attached hydrogens (tertiary/aromatic N) is 3. The first-order valence-electron chi connectivity index (χ1n) is 7.70. The maximum absolute atomic E-state index is 12.5. The van der Waals surface area contributed by atoms with E-state index in [1.807, 2.05) is 36.9 Å². The van der Waals surface area contributed by atoms with Crippen molar-refractivity contribution in [2.45, 2.75) is 20.8 Å². The van der Waals surface area contributed by atoms with Gasteiger partial charge in [-0.15, -0.1) is 0 Å². The maximum Gasteiger partial charge on any atom is 0.242 e. The summed E-state index contributed by atoms with van der Waals surface area (Å²) in [6.07, 6.45) is 0. The summed E-state index contributed by atoms with van der Waals surface area (Å²) in [7, 11) is 2.06. The van der Waals surface area contributed by atoms with E-state index in [0.717, 1.165) is 43.0 Å². The Bertz CT molecular complexity index is 563. The molecule has 5 heteroatoms. The van der Waals surface area contributed by atoms with Crippen LogP contribution in [0.3, 0.4) is 0 Å². The summed E-state index contributed by atoms with van der Waals surface area (Å²) in [4.78, 5) is 30.2. The molecule has 1 fully saturated rings. The monoisotopic (exact) mass is 303 g/mol. The van der Waals surface area contributed by atoms with E-state index in [2.05, 4.69) is 11.9 Å². The van der Waals surface area contributed by atoms with Gasteiger partial charge in [0.25, 0.3) is 0 Å². The fourth-order valence-electron chi connectivity index (χ4n) is 2.69. The molecule has 2 amide bonds.